The van der Waals surface area contributed by atoms with E-state index in [1.54, 1.807) is 0 Å². The third kappa shape index (κ3) is 5.53. The third-order valence-corrected chi connectivity index (χ3v) is 2.81. The second kappa shape index (κ2) is 7.16. The van der Waals surface area contributed by atoms with Crippen LogP contribution in [-0.2, 0) is 4.79 Å². The van der Waals surface area contributed by atoms with Crippen molar-refractivity contribution >= 4 is 18.5 Å². The van der Waals surface area contributed by atoms with E-state index in [4.69, 9.17) is 0 Å². The predicted molar refractivity (Wildman–Crippen MR) is 64.6 cm³/mol. The molecule has 3 heteroatoms. The Morgan fingerprint density at radius 2 is 1.71 bits per heavy atom. The van der Waals surface area contributed by atoms with E-state index in [1.165, 1.54) is 0 Å². The Bertz CT molecular complexity index is 161. The lowest BCUT2D eigenvalue weighted by Gasteiger charge is -2.24. The smallest absolute Gasteiger partial charge is 0.220 e. The summed E-state index contributed by atoms with van der Waals surface area (Å²) < 4.78 is 0. The van der Waals surface area contributed by atoms with Crippen LogP contribution >= 0.6 is 12.6 Å². The van der Waals surface area contributed by atoms with Crippen molar-refractivity contribution in [2.75, 3.05) is 12.3 Å². The molecule has 0 aliphatic heterocycles. The van der Waals surface area contributed by atoms with Gasteiger partial charge in [0.1, 0.15) is 0 Å². The lowest BCUT2D eigenvalue weighted by atomic mass is 9.85. The number of hydrogen-bond donors (Lipinski definition) is 2. The van der Waals surface area contributed by atoms with Crippen LogP contribution in [0.4, 0.5) is 0 Å². The average Bonchev–Trinajstić information content (AvgIpc) is 2.03. The molecule has 0 saturated carbocycles. The van der Waals surface area contributed by atoms with E-state index in [1.807, 2.05) is 0 Å². The zero-order chi connectivity index (χ0) is 11.1. The highest BCUT2D eigenvalue weighted by molar-refractivity contribution is 7.80. The summed E-state index contributed by atoms with van der Waals surface area (Å²) >= 11 is 4.02. The second-order valence-corrected chi connectivity index (χ2v) is 4.88. The summed E-state index contributed by atoms with van der Waals surface area (Å²) in [6, 6.07) is 0. The summed E-state index contributed by atoms with van der Waals surface area (Å²) in [6.45, 7) is 9.61. The largest absolute Gasteiger partial charge is 0.356 e. The minimum atomic E-state index is 0.117. The molecule has 14 heavy (non-hydrogen) atoms. The molecule has 0 bridgehead atoms. The van der Waals surface area contributed by atoms with Crippen LogP contribution in [0.15, 0.2) is 0 Å². The first-order valence-corrected chi connectivity index (χ1v) is 5.99. The molecule has 0 aliphatic carbocycles. The average molecular weight is 217 g/mol. The molecule has 1 amide bonds. The molecule has 0 saturated heterocycles. The molecule has 0 spiro atoms. The van der Waals surface area contributed by atoms with Crippen LogP contribution in [0.3, 0.4) is 0 Å². The van der Waals surface area contributed by atoms with Crippen LogP contribution in [0.2, 0.25) is 0 Å². The molecule has 0 aliphatic rings. The lowest BCUT2D eigenvalue weighted by molar-refractivity contribution is -0.121. The van der Waals surface area contributed by atoms with E-state index >= 15 is 0 Å². The van der Waals surface area contributed by atoms with Crippen molar-refractivity contribution in [2.45, 2.75) is 34.1 Å². The highest BCUT2D eigenvalue weighted by atomic mass is 32.1. The number of carbonyl (C=O) groups is 1. The Morgan fingerprint density at radius 1 is 1.21 bits per heavy atom. The minimum Gasteiger partial charge on any atom is -0.356 e. The van der Waals surface area contributed by atoms with Gasteiger partial charge in [-0.05, 0) is 23.5 Å². The van der Waals surface area contributed by atoms with Gasteiger partial charge >= 0.3 is 0 Å². The molecule has 0 aromatic heterocycles. The number of nitrogens with one attached hydrogen (secondary N) is 1. The van der Waals surface area contributed by atoms with Crippen molar-refractivity contribution in [3.8, 4) is 0 Å². The number of hydrogen-bond acceptors (Lipinski definition) is 2. The second-order valence-electron chi connectivity index (χ2n) is 4.43. The van der Waals surface area contributed by atoms with E-state index in [0.717, 1.165) is 6.54 Å². The maximum Gasteiger partial charge on any atom is 0.220 e. The Balaban J connectivity index is 3.88. The standard InChI is InChI=1S/C11H23NOS/c1-8(2)10(9(3)4)7-12-11(13)5-6-14/h8-10,14H,5-7H2,1-4H3,(H,12,13). The summed E-state index contributed by atoms with van der Waals surface area (Å²) in [7, 11) is 0. The minimum absolute atomic E-state index is 0.117. The highest BCUT2D eigenvalue weighted by Gasteiger charge is 2.17. The Labute approximate surface area is 93.3 Å². The van der Waals surface area contributed by atoms with Crippen molar-refractivity contribution in [3.63, 3.8) is 0 Å². The summed E-state index contributed by atoms with van der Waals surface area (Å²) in [5.41, 5.74) is 0. The maximum atomic E-state index is 11.2. The molecule has 0 unspecified atom stereocenters. The van der Waals surface area contributed by atoms with Gasteiger partial charge in [-0.1, -0.05) is 27.7 Å². The first-order valence-electron chi connectivity index (χ1n) is 5.36. The third-order valence-electron chi connectivity index (χ3n) is 2.59. The number of amides is 1. The van der Waals surface area contributed by atoms with Gasteiger partial charge in [0.15, 0.2) is 0 Å². The van der Waals surface area contributed by atoms with E-state index in [9.17, 15) is 4.79 Å². The molecule has 0 radical (unpaired) electrons. The van der Waals surface area contributed by atoms with Gasteiger partial charge in [0.25, 0.3) is 0 Å². The monoisotopic (exact) mass is 217 g/mol. The van der Waals surface area contributed by atoms with Crippen molar-refractivity contribution in [1.29, 1.82) is 0 Å². The van der Waals surface area contributed by atoms with Crippen LogP contribution < -0.4 is 5.32 Å². The highest BCUT2D eigenvalue weighted by Crippen LogP contribution is 2.19. The van der Waals surface area contributed by atoms with Gasteiger partial charge in [0.2, 0.25) is 5.91 Å². The van der Waals surface area contributed by atoms with Gasteiger partial charge in [-0.25, -0.2) is 0 Å². The van der Waals surface area contributed by atoms with Crippen molar-refractivity contribution < 1.29 is 4.79 Å². The van der Waals surface area contributed by atoms with Gasteiger partial charge < -0.3 is 5.32 Å². The van der Waals surface area contributed by atoms with E-state index < -0.39 is 0 Å². The van der Waals surface area contributed by atoms with Crippen LogP contribution in [0.1, 0.15) is 34.1 Å². The van der Waals surface area contributed by atoms with Crippen LogP contribution in [0.5, 0.6) is 0 Å². The van der Waals surface area contributed by atoms with Gasteiger partial charge in [-0.3, -0.25) is 4.79 Å². The molecule has 0 heterocycles. The molecule has 0 aromatic carbocycles. The van der Waals surface area contributed by atoms with Crippen molar-refractivity contribution in [2.24, 2.45) is 17.8 Å². The van der Waals surface area contributed by atoms with E-state index in [-0.39, 0.29) is 5.91 Å². The van der Waals surface area contributed by atoms with Gasteiger partial charge in [0.05, 0.1) is 0 Å². The van der Waals surface area contributed by atoms with Gasteiger partial charge in [-0.15, -0.1) is 0 Å². The zero-order valence-electron chi connectivity index (χ0n) is 9.71. The number of thiol groups is 1. The first-order chi connectivity index (χ1) is 6.49. The topological polar surface area (TPSA) is 29.1 Å². The zero-order valence-corrected chi connectivity index (χ0v) is 10.6. The van der Waals surface area contributed by atoms with Crippen LogP contribution in [0.25, 0.3) is 0 Å². The fraction of sp³-hybridized carbons (Fsp3) is 0.909. The SMILES string of the molecule is CC(C)C(CNC(=O)CCS)C(C)C. The molecular weight excluding hydrogens is 194 g/mol. The summed E-state index contributed by atoms with van der Waals surface area (Å²) in [5.74, 6) is 2.54. The molecule has 0 aromatic rings. The molecule has 0 fully saturated rings. The molecule has 1 N–H and O–H groups in total. The Morgan fingerprint density at radius 3 is 2.07 bits per heavy atom. The van der Waals surface area contributed by atoms with Crippen LogP contribution in [-0.4, -0.2) is 18.2 Å². The van der Waals surface area contributed by atoms with Crippen LogP contribution in [0, 0.1) is 17.8 Å². The lowest BCUT2D eigenvalue weighted by Crippen LogP contribution is -2.33. The van der Waals surface area contributed by atoms with Crippen molar-refractivity contribution in [3.05, 3.63) is 0 Å². The first kappa shape index (κ1) is 13.8. The fourth-order valence-electron chi connectivity index (χ4n) is 1.66. The number of rotatable bonds is 6. The molecular formula is C11H23NOS. The fourth-order valence-corrected chi connectivity index (χ4v) is 1.87. The molecule has 84 valence electrons. The summed E-state index contributed by atoms with van der Waals surface area (Å²) in [4.78, 5) is 11.2. The number of carbonyl (C=O) groups excluding carboxylic acids is 1. The maximum absolute atomic E-state index is 11.2. The van der Waals surface area contributed by atoms with Gasteiger partial charge in [-0.2, -0.15) is 12.6 Å². The Kier molecular flexibility index (Phi) is 7.06. The molecule has 2 nitrogen and oxygen atoms in total. The normalized spacial score (nSPS) is 11.4. The molecule has 0 rings (SSSR count). The Hall–Kier alpha value is -0.180. The van der Waals surface area contributed by atoms with Gasteiger partial charge in [0, 0.05) is 13.0 Å². The summed E-state index contributed by atoms with van der Waals surface area (Å²) in [5, 5.41) is 2.96. The molecule has 0 atom stereocenters. The summed E-state index contributed by atoms with van der Waals surface area (Å²) in [6.07, 6.45) is 0.520. The predicted octanol–water partition coefficient (Wildman–Crippen LogP) is 2.35. The van der Waals surface area contributed by atoms with E-state index in [2.05, 4.69) is 45.6 Å². The van der Waals surface area contributed by atoms with Crippen molar-refractivity contribution in [1.82, 2.24) is 5.32 Å². The quantitative estimate of drug-likeness (QED) is 0.657. The van der Waals surface area contributed by atoms with E-state index in [0.29, 0.717) is 29.9 Å².